The number of carbonyl (C=O) groups is 3. The molecule has 5 rings (SSSR count). The van der Waals surface area contributed by atoms with Crippen LogP contribution < -0.4 is 5.32 Å². The molecule has 0 aromatic heterocycles. The van der Waals surface area contributed by atoms with E-state index in [1.165, 1.54) is 12.0 Å². The summed E-state index contributed by atoms with van der Waals surface area (Å²) in [6.07, 6.45) is -3.27. The molecule has 0 aliphatic heterocycles. The molecule has 5 nitrogen and oxygen atoms in total. The van der Waals surface area contributed by atoms with Gasteiger partial charge < -0.3 is 10.1 Å². The number of halogens is 4. The number of hydrogen-bond acceptors (Lipinski definition) is 5. The van der Waals surface area contributed by atoms with Crippen molar-refractivity contribution in [2.75, 3.05) is 19.0 Å². The second-order valence-corrected chi connectivity index (χ2v) is 11.9. The minimum atomic E-state index is -4.82. The van der Waals surface area contributed by atoms with E-state index in [0.717, 1.165) is 29.3 Å². The summed E-state index contributed by atoms with van der Waals surface area (Å²) >= 11 is 0. The van der Waals surface area contributed by atoms with Crippen molar-refractivity contribution < 1.29 is 36.7 Å². The van der Waals surface area contributed by atoms with E-state index >= 15 is 4.39 Å². The van der Waals surface area contributed by atoms with Gasteiger partial charge in [0.1, 0.15) is 6.17 Å². The second-order valence-electron chi connectivity index (χ2n) is 11.9. The second kappa shape index (κ2) is 10.5. The summed E-state index contributed by atoms with van der Waals surface area (Å²) in [5.41, 5.74) is 1.28. The number of Topliss-reactive ketones (excluding diaryl/α,β-unsaturated/α-hetero) is 1. The van der Waals surface area contributed by atoms with E-state index in [2.05, 4.69) is 11.2 Å². The molecule has 4 aliphatic rings. The van der Waals surface area contributed by atoms with Crippen molar-refractivity contribution in [2.45, 2.75) is 70.6 Å². The third-order valence-corrected chi connectivity index (χ3v) is 9.85. The summed E-state index contributed by atoms with van der Waals surface area (Å²) in [5.74, 6) is 1.28. The Labute approximate surface area is 236 Å². The standard InChI is InChI=1S/C32H33F4NO4/c1-18(38)41-17-28(40)31(12-13-32(34,35)36)11-10-26-24-15-27(33)23-14-21(39)8-9-22(23)29(24)25(16-30(26,31)2)19-4-6-20(37-3)7-5-19/h4-7,14,24-27,37H,8-11,15-17H2,1-3H3/t24-,25+,26-,27?,30-,31+/m0/s1. The number of anilines is 1. The van der Waals surface area contributed by atoms with E-state index in [9.17, 15) is 27.6 Å². The van der Waals surface area contributed by atoms with E-state index in [1.54, 1.807) is 14.0 Å². The lowest BCUT2D eigenvalue weighted by Crippen LogP contribution is -2.52. The molecule has 0 heterocycles. The molecule has 0 amide bonds. The molecule has 1 aromatic carbocycles. The normalized spacial score (nSPS) is 32.6. The fourth-order valence-corrected chi connectivity index (χ4v) is 8.04. The average Bonchev–Trinajstić information content (AvgIpc) is 3.23. The van der Waals surface area contributed by atoms with Gasteiger partial charge in [0.05, 0.1) is 5.41 Å². The molecule has 0 radical (unpaired) electrons. The van der Waals surface area contributed by atoms with Crippen molar-refractivity contribution in [3.63, 3.8) is 0 Å². The van der Waals surface area contributed by atoms with Crippen molar-refractivity contribution in [3.05, 3.63) is 52.6 Å². The van der Waals surface area contributed by atoms with Gasteiger partial charge in [-0.05, 0) is 84.3 Å². The van der Waals surface area contributed by atoms with Gasteiger partial charge in [-0.1, -0.05) is 30.6 Å². The van der Waals surface area contributed by atoms with Crippen molar-refractivity contribution in [3.8, 4) is 11.8 Å². The minimum Gasteiger partial charge on any atom is -0.458 e. The van der Waals surface area contributed by atoms with Crippen LogP contribution in [0, 0.1) is 34.5 Å². The molecular formula is C32H33F4NO4. The lowest BCUT2D eigenvalue weighted by atomic mass is 9.48. The first-order valence-electron chi connectivity index (χ1n) is 14.0. The molecule has 9 heteroatoms. The van der Waals surface area contributed by atoms with Gasteiger partial charge in [0.15, 0.2) is 18.2 Å². The van der Waals surface area contributed by atoms with Gasteiger partial charge >= 0.3 is 12.1 Å². The number of rotatable bonds is 5. The zero-order chi connectivity index (χ0) is 29.7. The molecule has 0 saturated heterocycles. The van der Waals surface area contributed by atoms with Crippen LogP contribution in [0.25, 0.3) is 0 Å². The number of benzene rings is 1. The Kier molecular flexibility index (Phi) is 7.42. The Morgan fingerprint density at radius 1 is 1.17 bits per heavy atom. The summed E-state index contributed by atoms with van der Waals surface area (Å²) in [5, 5.41) is 3.08. The maximum absolute atomic E-state index is 15.8. The quantitative estimate of drug-likeness (QED) is 0.257. The van der Waals surface area contributed by atoms with E-state index in [4.69, 9.17) is 4.74 Å². The largest absolute Gasteiger partial charge is 0.458 e. The Bertz CT molecular complexity index is 1400. The molecule has 0 bridgehead atoms. The molecule has 1 unspecified atom stereocenters. The van der Waals surface area contributed by atoms with Crippen molar-refractivity contribution in [2.24, 2.45) is 22.7 Å². The molecule has 2 fully saturated rings. The fraction of sp³-hybridized carbons (Fsp3) is 0.531. The summed E-state index contributed by atoms with van der Waals surface area (Å²) < 4.78 is 61.2. The Morgan fingerprint density at radius 2 is 1.88 bits per heavy atom. The number of esters is 1. The molecule has 4 aliphatic carbocycles. The van der Waals surface area contributed by atoms with Crippen LogP contribution in [0.2, 0.25) is 0 Å². The maximum atomic E-state index is 15.8. The van der Waals surface area contributed by atoms with Gasteiger partial charge in [-0.25, -0.2) is 4.39 Å². The number of allylic oxidation sites excluding steroid dienone is 4. The number of carbonyl (C=O) groups excluding carboxylic acids is 3. The van der Waals surface area contributed by atoms with Crippen molar-refractivity contribution in [1.82, 2.24) is 0 Å². The topological polar surface area (TPSA) is 72.5 Å². The number of ether oxygens (including phenoxy) is 1. The first-order valence-corrected chi connectivity index (χ1v) is 14.0. The Balaban J connectivity index is 1.71. The van der Waals surface area contributed by atoms with Crippen LogP contribution in [0.4, 0.5) is 23.2 Å². The highest BCUT2D eigenvalue weighted by molar-refractivity contribution is 5.94. The molecule has 41 heavy (non-hydrogen) atoms. The summed E-state index contributed by atoms with van der Waals surface area (Å²) in [4.78, 5) is 37.6. The third-order valence-electron chi connectivity index (χ3n) is 9.85. The molecule has 218 valence electrons. The number of alkyl halides is 4. The van der Waals surface area contributed by atoms with E-state index in [0.29, 0.717) is 24.8 Å². The van der Waals surface area contributed by atoms with Gasteiger partial charge in [-0.2, -0.15) is 13.2 Å². The van der Waals surface area contributed by atoms with Crippen molar-refractivity contribution >= 4 is 23.2 Å². The van der Waals surface area contributed by atoms with E-state index in [1.807, 2.05) is 24.3 Å². The summed E-state index contributed by atoms with van der Waals surface area (Å²) in [7, 11) is 1.79. The van der Waals surface area contributed by atoms with Crippen LogP contribution in [0.5, 0.6) is 0 Å². The number of ketones is 2. The van der Waals surface area contributed by atoms with Crippen LogP contribution >= 0.6 is 0 Å². The SMILES string of the molecule is CNc1ccc([C@H]2C[C@@]3(C)[C@@H](CC[C@@]3(C#CC(F)(F)F)C(=O)COC(C)=O)[C@@H]3CC(F)C4=CC(=O)CCC4=C32)cc1. The van der Waals surface area contributed by atoms with E-state index < -0.39 is 41.5 Å². The zero-order valence-corrected chi connectivity index (χ0v) is 23.3. The van der Waals surface area contributed by atoms with Crippen LogP contribution in [-0.4, -0.2) is 43.5 Å². The smallest absolute Gasteiger partial charge is 0.457 e. The highest BCUT2D eigenvalue weighted by atomic mass is 19.4. The first-order chi connectivity index (χ1) is 19.3. The highest BCUT2D eigenvalue weighted by Crippen LogP contribution is 2.70. The number of fused-ring (bicyclic) bond motifs is 4. The molecular weight excluding hydrogens is 538 g/mol. The Morgan fingerprint density at radius 3 is 2.51 bits per heavy atom. The lowest BCUT2D eigenvalue weighted by Gasteiger charge is -2.55. The van der Waals surface area contributed by atoms with Gasteiger partial charge in [-0.15, -0.1) is 0 Å². The predicted molar refractivity (Wildman–Crippen MR) is 144 cm³/mol. The maximum Gasteiger partial charge on any atom is 0.457 e. The van der Waals surface area contributed by atoms with Crippen molar-refractivity contribution in [1.29, 1.82) is 0 Å². The van der Waals surface area contributed by atoms with Gasteiger partial charge in [0.2, 0.25) is 0 Å². The first kappa shape index (κ1) is 29.1. The van der Waals surface area contributed by atoms with E-state index in [-0.39, 0.29) is 42.8 Å². The Hall–Kier alpha value is -3.41. The van der Waals surface area contributed by atoms with Crippen LogP contribution in [0.15, 0.2) is 47.1 Å². The average molecular weight is 572 g/mol. The molecule has 1 aromatic rings. The number of hydrogen-bond donors (Lipinski definition) is 1. The van der Waals surface area contributed by atoms with Gasteiger partial charge in [-0.3, -0.25) is 14.4 Å². The van der Waals surface area contributed by atoms with Crippen LogP contribution in [0.1, 0.15) is 63.9 Å². The monoisotopic (exact) mass is 571 g/mol. The van der Waals surface area contributed by atoms with Gasteiger partial charge in [0, 0.05) is 37.9 Å². The van der Waals surface area contributed by atoms with Crippen LogP contribution in [0.3, 0.4) is 0 Å². The third kappa shape index (κ3) is 5.00. The molecule has 1 N–H and O–H groups in total. The number of nitrogens with one attached hydrogen (secondary N) is 1. The van der Waals surface area contributed by atoms with Crippen LogP contribution in [-0.2, 0) is 19.1 Å². The van der Waals surface area contributed by atoms with Gasteiger partial charge in [0.25, 0.3) is 0 Å². The molecule has 0 spiro atoms. The fourth-order valence-electron chi connectivity index (χ4n) is 8.04. The lowest BCUT2D eigenvalue weighted by molar-refractivity contribution is -0.150. The summed E-state index contributed by atoms with van der Waals surface area (Å²) in [6, 6.07) is 7.71. The zero-order valence-electron chi connectivity index (χ0n) is 23.3. The molecule has 2 saturated carbocycles. The summed E-state index contributed by atoms with van der Waals surface area (Å²) in [6.45, 7) is 2.26. The molecule has 6 atom stereocenters. The predicted octanol–water partition coefficient (Wildman–Crippen LogP) is 6.26. The minimum absolute atomic E-state index is 0.0556. The highest BCUT2D eigenvalue weighted by Gasteiger charge is 2.66.